The van der Waals surface area contributed by atoms with Crippen LogP contribution in [-0.2, 0) is 14.4 Å². The van der Waals surface area contributed by atoms with Gasteiger partial charge in [0.05, 0.1) is 12.1 Å². The van der Waals surface area contributed by atoms with Crippen molar-refractivity contribution in [3.05, 3.63) is 0 Å². The third-order valence-corrected chi connectivity index (χ3v) is 5.09. The van der Waals surface area contributed by atoms with Crippen LogP contribution in [0.15, 0.2) is 0 Å². The number of carbonyl (C=O) groups excluding carboxylic acids is 3. The Labute approximate surface area is 139 Å². The number of hydrogen-bond acceptors (Lipinski definition) is 4. The minimum absolute atomic E-state index is 0.0735. The molecule has 2 amide bonds. The molecule has 1 fully saturated rings. The summed E-state index contributed by atoms with van der Waals surface area (Å²) in [5.74, 6) is -0.258. The third kappa shape index (κ3) is 4.77. The molecule has 5 atom stereocenters. The van der Waals surface area contributed by atoms with Crippen LogP contribution in [0.25, 0.3) is 0 Å². The Morgan fingerprint density at radius 3 is 2.39 bits per heavy atom. The van der Waals surface area contributed by atoms with Crippen LogP contribution in [0.1, 0.15) is 53.4 Å². The number of amides is 2. The number of carbonyl (C=O) groups is 3. The predicted octanol–water partition coefficient (Wildman–Crippen LogP) is 1.08. The second kappa shape index (κ2) is 9.01. The van der Waals surface area contributed by atoms with Gasteiger partial charge < -0.3 is 20.7 Å². The molecule has 0 bridgehead atoms. The first-order valence-corrected chi connectivity index (χ1v) is 8.69. The van der Waals surface area contributed by atoms with Crippen molar-refractivity contribution >= 4 is 18.1 Å². The largest absolute Gasteiger partial charge is 0.345 e. The van der Waals surface area contributed by atoms with E-state index in [1.54, 1.807) is 4.90 Å². The first-order chi connectivity index (χ1) is 10.9. The molecule has 0 spiro atoms. The summed E-state index contributed by atoms with van der Waals surface area (Å²) in [4.78, 5) is 37.8. The van der Waals surface area contributed by atoms with Gasteiger partial charge in [0, 0.05) is 6.54 Å². The fourth-order valence-electron chi connectivity index (χ4n) is 2.82. The Kier molecular flexibility index (Phi) is 7.68. The first kappa shape index (κ1) is 19.6. The van der Waals surface area contributed by atoms with Crippen LogP contribution in [-0.4, -0.2) is 47.7 Å². The maximum absolute atomic E-state index is 12.6. The van der Waals surface area contributed by atoms with E-state index in [2.05, 4.69) is 5.32 Å². The molecule has 0 aliphatic carbocycles. The number of rotatable bonds is 8. The minimum atomic E-state index is -0.579. The van der Waals surface area contributed by atoms with E-state index in [9.17, 15) is 14.4 Å². The van der Waals surface area contributed by atoms with Crippen molar-refractivity contribution in [1.29, 1.82) is 0 Å². The average Bonchev–Trinajstić information content (AvgIpc) is 3.06. The summed E-state index contributed by atoms with van der Waals surface area (Å²) in [5, 5.41) is 2.78. The number of nitrogens with one attached hydrogen (secondary N) is 1. The Morgan fingerprint density at radius 1 is 1.26 bits per heavy atom. The SMILES string of the molecule is CC[C@H](C)[C@H](N)C(=O)N1CCC[C@H]1C(=O)N[C@H](C=O)[C@@H](C)CC. The molecule has 1 aliphatic heterocycles. The molecule has 6 heteroatoms. The molecule has 3 N–H and O–H groups in total. The molecule has 0 unspecified atom stereocenters. The zero-order valence-corrected chi connectivity index (χ0v) is 14.7. The van der Waals surface area contributed by atoms with Crippen molar-refractivity contribution < 1.29 is 14.4 Å². The Bertz CT molecular complexity index is 427. The van der Waals surface area contributed by atoms with Crippen LogP contribution < -0.4 is 11.1 Å². The summed E-state index contributed by atoms with van der Waals surface area (Å²) in [6.07, 6.45) is 3.80. The van der Waals surface area contributed by atoms with E-state index in [1.807, 2.05) is 27.7 Å². The highest BCUT2D eigenvalue weighted by Crippen LogP contribution is 2.21. The van der Waals surface area contributed by atoms with Gasteiger partial charge in [-0.3, -0.25) is 9.59 Å². The van der Waals surface area contributed by atoms with Crippen molar-refractivity contribution in [3.63, 3.8) is 0 Å². The van der Waals surface area contributed by atoms with Crippen molar-refractivity contribution in [1.82, 2.24) is 10.2 Å². The number of likely N-dealkylation sites (tertiary alicyclic amines) is 1. The molecule has 1 rings (SSSR count). The Morgan fingerprint density at radius 2 is 1.87 bits per heavy atom. The van der Waals surface area contributed by atoms with Crippen LogP contribution in [0.5, 0.6) is 0 Å². The molecule has 6 nitrogen and oxygen atoms in total. The highest BCUT2D eigenvalue weighted by molar-refractivity contribution is 5.91. The standard InChI is InChI=1S/C17H31N3O3/c1-5-11(3)13(10-21)19-16(22)14-8-7-9-20(14)17(23)15(18)12(4)6-2/h10-15H,5-9,18H2,1-4H3,(H,19,22)/t11-,12-,13+,14-,15-/m0/s1. The number of hydrogen-bond donors (Lipinski definition) is 2. The first-order valence-electron chi connectivity index (χ1n) is 8.69. The van der Waals surface area contributed by atoms with Gasteiger partial charge in [0.2, 0.25) is 11.8 Å². The van der Waals surface area contributed by atoms with Gasteiger partial charge in [0.15, 0.2) is 0 Å². The van der Waals surface area contributed by atoms with E-state index >= 15 is 0 Å². The summed E-state index contributed by atoms with van der Waals surface area (Å²) >= 11 is 0. The molecule has 1 saturated heterocycles. The fourth-order valence-corrected chi connectivity index (χ4v) is 2.82. The summed E-state index contributed by atoms with van der Waals surface area (Å²) in [6.45, 7) is 8.39. The summed E-state index contributed by atoms with van der Waals surface area (Å²) in [5.41, 5.74) is 6.03. The van der Waals surface area contributed by atoms with Gasteiger partial charge in [-0.15, -0.1) is 0 Å². The van der Waals surface area contributed by atoms with E-state index in [-0.39, 0.29) is 23.7 Å². The van der Waals surface area contributed by atoms with Gasteiger partial charge in [0.25, 0.3) is 0 Å². The molecule has 1 aliphatic rings. The highest BCUT2D eigenvalue weighted by Gasteiger charge is 2.38. The topological polar surface area (TPSA) is 92.5 Å². The van der Waals surface area contributed by atoms with Crippen molar-refractivity contribution in [3.8, 4) is 0 Å². The molecule has 0 aromatic rings. The minimum Gasteiger partial charge on any atom is -0.345 e. The van der Waals surface area contributed by atoms with E-state index in [4.69, 9.17) is 5.73 Å². The van der Waals surface area contributed by atoms with E-state index in [1.165, 1.54) is 0 Å². The third-order valence-electron chi connectivity index (χ3n) is 5.09. The Hall–Kier alpha value is -1.43. The second-order valence-electron chi connectivity index (χ2n) is 6.66. The lowest BCUT2D eigenvalue weighted by Gasteiger charge is -2.30. The van der Waals surface area contributed by atoms with Crippen molar-refractivity contribution in [2.75, 3.05) is 6.54 Å². The molecule has 0 aromatic heterocycles. The second-order valence-corrected chi connectivity index (χ2v) is 6.66. The van der Waals surface area contributed by atoms with Gasteiger partial charge in [-0.05, 0) is 24.7 Å². The molecule has 0 aromatic carbocycles. The van der Waals surface area contributed by atoms with Crippen LogP contribution in [0.2, 0.25) is 0 Å². The molecule has 0 saturated carbocycles. The Balaban J connectivity index is 2.76. The molecular weight excluding hydrogens is 294 g/mol. The number of aldehydes is 1. The van der Waals surface area contributed by atoms with Gasteiger partial charge in [-0.25, -0.2) is 0 Å². The van der Waals surface area contributed by atoms with Gasteiger partial charge in [-0.2, -0.15) is 0 Å². The van der Waals surface area contributed by atoms with E-state index < -0.39 is 18.1 Å². The summed E-state index contributed by atoms with van der Waals surface area (Å²) in [6, 6.07) is -1.60. The van der Waals surface area contributed by atoms with Crippen molar-refractivity contribution in [2.45, 2.75) is 71.5 Å². The smallest absolute Gasteiger partial charge is 0.243 e. The highest BCUT2D eigenvalue weighted by atomic mass is 16.2. The van der Waals surface area contributed by atoms with Crippen LogP contribution in [0, 0.1) is 11.8 Å². The molecule has 1 heterocycles. The van der Waals surface area contributed by atoms with Gasteiger partial charge in [0.1, 0.15) is 12.3 Å². The lowest BCUT2D eigenvalue weighted by molar-refractivity contribution is -0.140. The van der Waals surface area contributed by atoms with Crippen molar-refractivity contribution in [2.24, 2.45) is 17.6 Å². The van der Waals surface area contributed by atoms with Gasteiger partial charge >= 0.3 is 0 Å². The average molecular weight is 325 g/mol. The zero-order chi connectivity index (χ0) is 17.6. The maximum Gasteiger partial charge on any atom is 0.243 e. The van der Waals surface area contributed by atoms with Crippen LogP contribution >= 0.6 is 0 Å². The number of nitrogens with two attached hydrogens (primary N) is 1. The molecular formula is C17H31N3O3. The van der Waals surface area contributed by atoms with E-state index in [0.29, 0.717) is 13.0 Å². The molecule has 132 valence electrons. The summed E-state index contributed by atoms with van der Waals surface area (Å²) in [7, 11) is 0. The number of nitrogens with zero attached hydrogens (tertiary/aromatic N) is 1. The lowest BCUT2D eigenvalue weighted by atomic mass is 9.98. The van der Waals surface area contributed by atoms with Crippen LogP contribution in [0.4, 0.5) is 0 Å². The molecule has 0 radical (unpaired) electrons. The predicted molar refractivity (Wildman–Crippen MR) is 89.6 cm³/mol. The summed E-state index contributed by atoms with van der Waals surface area (Å²) < 4.78 is 0. The lowest BCUT2D eigenvalue weighted by Crippen LogP contribution is -2.54. The monoisotopic (exact) mass is 325 g/mol. The van der Waals surface area contributed by atoms with Gasteiger partial charge in [-0.1, -0.05) is 40.5 Å². The normalized spacial score (nSPS) is 23.0. The quantitative estimate of drug-likeness (QED) is 0.653. The fraction of sp³-hybridized carbons (Fsp3) is 0.824. The zero-order valence-electron chi connectivity index (χ0n) is 14.7. The van der Waals surface area contributed by atoms with Crippen LogP contribution in [0.3, 0.4) is 0 Å². The van der Waals surface area contributed by atoms with E-state index in [0.717, 1.165) is 25.5 Å². The maximum atomic E-state index is 12.6. The molecule has 23 heavy (non-hydrogen) atoms.